The third kappa shape index (κ3) is 5.33. The van der Waals surface area contributed by atoms with E-state index in [1.807, 2.05) is 103 Å². The van der Waals surface area contributed by atoms with Crippen molar-refractivity contribution in [1.29, 1.82) is 0 Å². The highest BCUT2D eigenvalue weighted by molar-refractivity contribution is 5.96. The van der Waals surface area contributed by atoms with Crippen LogP contribution in [0.4, 0.5) is 11.4 Å². The normalized spacial score (nSPS) is 13.5. The van der Waals surface area contributed by atoms with Crippen LogP contribution in [0.3, 0.4) is 0 Å². The van der Waals surface area contributed by atoms with Gasteiger partial charge in [-0.3, -0.25) is 9.59 Å². The van der Waals surface area contributed by atoms with Crippen molar-refractivity contribution in [2.75, 3.05) is 43.0 Å². The second-order valence-corrected chi connectivity index (χ2v) is 8.99. The SMILES string of the molecule is Cc1ccccc1C(=O)N1CCN(c2ccc(NC(=O)COc3ccc4ccccc4c3)cc2)CC1. The Labute approximate surface area is 211 Å². The fraction of sp³-hybridized carbons (Fsp3) is 0.200. The van der Waals surface area contributed by atoms with Crippen LogP contribution in [0.15, 0.2) is 91.0 Å². The van der Waals surface area contributed by atoms with E-state index < -0.39 is 0 Å². The number of anilines is 2. The molecule has 2 amide bonds. The van der Waals surface area contributed by atoms with Crippen molar-refractivity contribution < 1.29 is 14.3 Å². The van der Waals surface area contributed by atoms with E-state index in [4.69, 9.17) is 4.74 Å². The third-order valence-electron chi connectivity index (χ3n) is 6.55. The first-order chi connectivity index (χ1) is 17.6. The third-order valence-corrected chi connectivity index (χ3v) is 6.55. The number of carbonyl (C=O) groups is 2. The van der Waals surface area contributed by atoms with Gasteiger partial charge in [-0.25, -0.2) is 0 Å². The Morgan fingerprint density at radius 2 is 1.50 bits per heavy atom. The number of hydrogen-bond acceptors (Lipinski definition) is 4. The number of amides is 2. The van der Waals surface area contributed by atoms with Gasteiger partial charge in [0.2, 0.25) is 0 Å². The van der Waals surface area contributed by atoms with Crippen LogP contribution >= 0.6 is 0 Å². The average molecular weight is 480 g/mol. The zero-order chi connectivity index (χ0) is 24.9. The molecular formula is C30H29N3O3. The highest BCUT2D eigenvalue weighted by Crippen LogP contribution is 2.22. The van der Waals surface area contributed by atoms with E-state index in [9.17, 15) is 9.59 Å². The van der Waals surface area contributed by atoms with E-state index in [-0.39, 0.29) is 18.4 Å². The lowest BCUT2D eigenvalue weighted by molar-refractivity contribution is -0.118. The minimum atomic E-state index is -0.209. The van der Waals surface area contributed by atoms with Gasteiger partial charge in [-0.15, -0.1) is 0 Å². The highest BCUT2D eigenvalue weighted by atomic mass is 16.5. The lowest BCUT2D eigenvalue weighted by atomic mass is 10.1. The lowest BCUT2D eigenvalue weighted by Crippen LogP contribution is -2.48. The summed E-state index contributed by atoms with van der Waals surface area (Å²) in [4.78, 5) is 29.4. The minimum absolute atomic E-state index is 0.0586. The summed E-state index contributed by atoms with van der Waals surface area (Å²) < 4.78 is 5.68. The number of aryl methyl sites for hydroxylation is 1. The lowest BCUT2D eigenvalue weighted by Gasteiger charge is -2.36. The van der Waals surface area contributed by atoms with Gasteiger partial charge in [0.1, 0.15) is 5.75 Å². The Morgan fingerprint density at radius 1 is 0.806 bits per heavy atom. The van der Waals surface area contributed by atoms with Crippen molar-refractivity contribution in [2.24, 2.45) is 0 Å². The number of ether oxygens (including phenoxy) is 1. The molecule has 0 radical (unpaired) electrons. The second kappa shape index (κ2) is 10.5. The molecule has 0 aromatic heterocycles. The average Bonchev–Trinajstić information content (AvgIpc) is 2.92. The molecule has 5 rings (SSSR count). The topological polar surface area (TPSA) is 61.9 Å². The minimum Gasteiger partial charge on any atom is -0.484 e. The highest BCUT2D eigenvalue weighted by Gasteiger charge is 2.23. The van der Waals surface area contributed by atoms with E-state index in [0.29, 0.717) is 18.8 Å². The molecule has 1 heterocycles. The van der Waals surface area contributed by atoms with Crippen LogP contribution in [-0.2, 0) is 4.79 Å². The molecule has 0 saturated carbocycles. The van der Waals surface area contributed by atoms with Crippen LogP contribution in [0.25, 0.3) is 10.8 Å². The molecule has 1 aliphatic rings. The summed E-state index contributed by atoms with van der Waals surface area (Å²) in [6, 6.07) is 29.3. The zero-order valence-electron chi connectivity index (χ0n) is 20.3. The number of nitrogens with zero attached hydrogens (tertiary/aromatic N) is 2. The van der Waals surface area contributed by atoms with Crippen molar-refractivity contribution in [3.05, 3.63) is 102 Å². The number of hydrogen-bond donors (Lipinski definition) is 1. The van der Waals surface area contributed by atoms with Crippen molar-refractivity contribution >= 4 is 34.0 Å². The standard InChI is InChI=1S/C30H29N3O3/c1-22-6-2-5-9-28(22)30(35)33-18-16-32(17-19-33)26-13-11-25(12-14-26)31-29(34)21-36-27-15-10-23-7-3-4-8-24(23)20-27/h2-15,20H,16-19,21H2,1H3,(H,31,34). The predicted octanol–water partition coefficient (Wildman–Crippen LogP) is 5.13. The smallest absolute Gasteiger partial charge is 0.262 e. The first-order valence-electron chi connectivity index (χ1n) is 12.2. The molecule has 1 saturated heterocycles. The molecule has 4 aromatic carbocycles. The molecule has 4 aromatic rings. The summed E-state index contributed by atoms with van der Waals surface area (Å²) in [5.41, 5.74) is 3.57. The summed E-state index contributed by atoms with van der Waals surface area (Å²) in [6.07, 6.45) is 0. The van der Waals surface area contributed by atoms with Crippen LogP contribution in [0.5, 0.6) is 5.75 Å². The van der Waals surface area contributed by atoms with Gasteiger partial charge in [0.05, 0.1) is 0 Å². The molecule has 1 aliphatic heterocycles. The van der Waals surface area contributed by atoms with Crippen LogP contribution in [-0.4, -0.2) is 49.5 Å². The van der Waals surface area contributed by atoms with Crippen molar-refractivity contribution in [1.82, 2.24) is 4.90 Å². The number of rotatable bonds is 6. The first kappa shape index (κ1) is 23.4. The van der Waals surface area contributed by atoms with E-state index in [1.165, 1.54) is 0 Å². The molecule has 0 unspecified atom stereocenters. The van der Waals surface area contributed by atoms with Gasteiger partial charge in [-0.2, -0.15) is 0 Å². The Kier molecular flexibility index (Phi) is 6.85. The monoisotopic (exact) mass is 479 g/mol. The van der Waals surface area contributed by atoms with Crippen LogP contribution in [0, 0.1) is 6.92 Å². The quantitative estimate of drug-likeness (QED) is 0.417. The number of nitrogens with one attached hydrogen (secondary N) is 1. The maximum Gasteiger partial charge on any atom is 0.262 e. The Balaban J connectivity index is 1.11. The number of benzene rings is 4. The molecule has 6 heteroatoms. The molecule has 1 fully saturated rings. The van der Waals surface area contributed by atoms with Crippen LogP contribution < -0.4 is 15.0 Å². The van der Waals surface area contributed by atoms with Gasteiger partial charge in [-0.05, 0) is 65.7 Å². The molecule has 0 bridgehead atoms. The van der Waals surface area contributed by atoms with Gasteiger partial charge >= 0.3 is 0 Å². The van der Waals surface area contributed by atoms with Crippen molar-refractivity contribution in [3.8, 4) is 5.75 Å². The molecule has 182 valence electrons. The summed E-state index contributed by atoms with van der Waals surface area (Å²) in [5.74, 6) is 0.551. The molecule has 0 aliphatic carbocycles. The van der Waals surface area contributed by atoms with Gasteiger partial charge in [0.25, 0.3) is 11.8 Å². The van der Waals surface area contributed by atoms with Gasteiger partial charge < -0.3 is 19.9 Å². The summed E-state index contributed by atoms with van der Waals surface area (Å²) >= 11 is 0. The molecular weight excluding hydrogens is 450 g/mol. The summed E-state index contributed by atoms with van der Waals surface area (Å²) in [5, 5.41) is 5.10. The van der Waals surface area contributed by atoms with E-state index in [0.717, 1.165) is 46.4 Å². The zero-order valence-corrected chi connectivity index (χ0v) is 20.3. The predicted molar refractivity (Wildman–Crippen MR) is 144 cm³/mol. The maximum atomic E-state index is 12.9. The van der Waals surface area contributed by atoms with E-state index >= 15 is 0 Å². The van der Waals surface area contributed by atoms with Crippen LogP contribution in [0.1, 0.15) is 15.9 Å². The molecule has 0 atom stereocenters. The molecule has 0 spiro atoms. The van der Waals surface area contributed by atoms with Crippen molar-refractivity contribution in [3.63, 3.8) is 0 Å². The number of piperazine rings is 1. The van der Waals surface area contributed by atoms with Gasteiger partial charge in [0, 0.05) is 43.1 Å². The fourth-order valence-corrected chi connectivity index (χ4v) is 4.51. The number of fused-ring (bicyclic) bond motifs is 1. The second-order valence-electron chi connectivity index (χ2n) is 8.99. The first-order valence-corrected chi connectivity index (χ1v) is 12.2. The molecule has 6 nitrogen and oxygen atoms in total. The summed E-state index contributed by atoms with van der Waals surface area (Å²) in [6.45, 7) is 4.80. The number of carbonyl (C=O) groups excluding carboxylic acids is 2. The van der Waals surface area contributed by atoms with Gasteiger partial charge in [0.15, 0.2) is 6.61 Å². The van der Waals surface area contributed by atoms with E-state index in [2.05, 4.69) is 10.2 Å². The summed E-state index contributed by atoms with van der Waals surface area (Å²) in [7, 11) is 0. The largest absolute Gasteiger partial charge is 0.484 e. The van der Waals surface area contributed by atoms with Crippen molar-refractivity contribution in [2.45, 2.75) is 6.92 Å². The van der Waals surface area contributed by atoms with Gasteiger partial charge in [-0.1, -0.05) is 48.5 Å². The fourth-order valence-electron chi connectivity index (χ4n) is 4.51. The molecule has 36 heavy (non-hydrogen) atoms. The Hall–Kier alpha value is -4.32. The van der Waals surface area contributed by atoms with E-state index in [1.54, 1.807) is 0 Å². The Morgan fingerprint density at radius 3 is 2.25 bits per heavy atom. The molecule has 1 N–H and O–H groups in total. The van der Waals surface area contributed by atoms with Crippen LogP contribution in [0.2, 0.25) is 0 Å². The Bertz CT molecular complexity index is 1380. The maximum absolute atomic E-state index is 12.9.